The van der Waals surface area contributed by atoms with Gasteiger partial charge in [-0.25, -0.2) is 0 Å². The number of carbonyl (C=O) groups is 2. The fraction of sp³-hybridized carbons (Fsp3) is 0.588. The molecule has 2 aliphatic rings. The van der Waals surface area contributed by atoms with E-state index in [4.69, 9.17) is 0 Å². The maximum atomic E-state index is 12.7. The average molecular weight is 301 g/mol. The number of rotatable bonds is 2. The third kappa shape index (κ3) is 2.60. The zero-order valence-electron chi connectivity index (χ0n) is 13.5. The monoisotopic (exact) mass is 301 g/mol. The van der Waals surface area contributed by atoms with Crippen molar-refractivity contribution in [2.75, 3.05) is 20.6 Å². The number of pyridine rings is 1. The molecule has 2 fully saturated rings. The highest BCUT2D eigenvalue weighted by molar-refractivity contribution is 5.93. The Hall–Kier alpha value is -1.91. The molecule has 22 heavy (non-hydrogen) atoms. The molecule has 1 saturated heterocycles. The van der Waals surface area contributed by atoms with Crippen LogP contribution in [-0.2, 0) is 4.79 Å². The summed E-state index contributed by atoms with van der Waals surface area (Å²) in [5.74, 6) is 1.17. The molecule has 2 heterocycles. The molecule has 0 N–H and O–H groups in total. The molecule has 1 aromatic rings. The lowest BCUT2D eigenvalue weighted by atomic mass is 9.88. The number of carbonyl (C=O) groups excluding carboxylic acids is 2. The number of likely N-dealkylation sites (tertiary alicyclic amines) is 1. The third-order valence-electron chi connectivity index (χ3n) is 5.27. The molecule has 0 radical (unpaired) electrons. The van der Waals surface area contributed by atoms with Gasteiger partial charge in [0.15, 0.2) is 0 Å². The van der Waals surface area contributed by atoms with Crippen molar-refractivity contribution in [1.29, 1.82) is 0 Å². The molecule has 1 aliphatic carbocycles. The average Bonchev–Trinajstić information content (AvgIpc) is 2.89. The second-order valence-electron chi connectivity index (χ2n) is 6.71. The minimum absolute atomic E-state index is 0.0126. The molecule has 1 aliphatic heterocycles. The van der Waals surface area contributed by atoms with Gasteiger partial charge in [0.25, 0.3) is 5.91 Å². The van der Waals surface area contributed by atoms with E-state index >= 15 is 0 Å². The van der Waals surface area contributed by atoms with Crippen LogP contribution in [0.15, 0.2) is 18.3 Å². The number of fused-ring (bicyclic) bond motifs is 1. The molecule has 118 valence electrons. The number of aromatic nitrogens is 1. The van der Waals surface area contributed by atoms with Gasteiger partial charge < -0.3 is 9.80 Å². The second kappa shape index (κ2) is 5.71. The van der Waals surface area contributed by atoms with Crippen molar-refractivity contribution >= 4 is 11.8 Å². The van der Waals surface area contributed by atoms with Crippen molar-refractivity contribution in [2.45, 2.75) is 32.2 Å². The number of piperidine rings is 1. The molecule has 5 nitrogen and oxygen atoms in total. The zero-order chi connectivity index (χ0) is 15.9. The SMILES string of the molecule is Cc1cccnc1C(=O)N(C)[C@H]1C[C@H]2CC(=O)N(C)C[C@H]2C1. The van der Waals surface area contributed by atoms with Crippen molar-refractivity contribution in [3.8, 4) is 0 Å². The lowest BCUT2D eigenvalue weighted by Gasteiger charge is -2.31. The first-order valence-electron chi connectivity index (χ1n) is 7.90. The molecular formula is C17H23N3O2. The standard InChI is InChI=1S/C17H23N3O2/c1-11-5-4-6-18-16(11)17(22)20(3)14-7-12-9-15(21)19(2)10-13(12)8-14/h4-6,12-14H,7-10H2,1-3H3/t12-,13+,14-/m0/s1. The molecule has 0 spiro atoms. The van der Waals surface area contributed by atoms with Crippen molar-refractivity contribution in [2.24, 2.45) is 11.8 Å². The van der Waals surface area contributed by atoms with Gasteiger partial charge in [0.1, 0.15) is 5.69 Å². The summed E-state index contributed by atoms with van der Waals surface area (Å²) in [5, 5.41) is 0. The Labute approximate surface area is 131 Å². The van der Waals surface area contributed by atoms with E-state index in [1.54, 1.807) is 6.20 Å². The third-order valence-corrected chi connectivity index (χ3v) is 5.27. The molecule has 5 heteroatoms. The molecule has 3 atom stereocenters. The molecule has 0 unspecified atom stereocenters. The molecule has 0 aromatic carbocycles. The number of hydrogen-bond acceptors (Lipinski definition) is 3. The van der Waals surface area contributed by atoms with E-state index in [0.717, 1.165) is 24.9 Å². The number of hydrogen-bond donors (Lipinski definition) is 0. The summed E-state index contributed by atoms with van der Waals surface area (Å²) in [5.41, 5.74) is 1.44. The Morgan fingerprint density at radius 2 is 2.09 bits per heavy atom. The van der Waals surface area contributed by atoms with Gasteiger partial charge in [-0.15, -0.1) is 0 Å². The van der Waals surface area contributed by atoms with Crippen LogP contribution in [0.3, 0.4) is 0 Å². The van der Waals surface area contributed by atoms with E-state index in [2.05, 4.69) is 4.98 Å². The van der Waals surface area contributed by atoms with E-state index in [-0.39, 0.29) is 17.9 Å². The molecular weight excluding hydrogens is 278 g/mol. The van der Waals surface area contributed by atoms with Crippen LogP contribution in [0.4, 0.5) is 0 Å². The van der Waals surface area contributed by atoms with Gasteiger partial charge >= 0.3 is 0 Å². The Kier molecular flexibility index (Phi) is 3.89. The molecule has 3 rings (SSSR count). The minimum Gasteiger partial charge on any atom is -0.345 e. The van der Waals surface area contributed by atoms with Gasteiger partial charge in [-0.2, -0.15) is 0 Å². The van der Waals surface area contributed by atoms with Crippen LogP contribution >= 0.6 is 0 Å². The Balaban J connectivity index is 1.72. The van der Waals surface area contributed by atoms with Crippen LogP contribution in [0.1, 0.15) is 35.3 Å². The molecule has 2 amide bonds. The zero-order valence-corrected chi connectivity index (χ0v) is 13.5. The Bertz CT molecular complexity index is 601. The van der Waals surface area contributed by atoms with E-state index in [0.29, 0.717) is 24.0 Å². The second-order valence-corrected chi connectivity index (χ2v) is 6.71. The van der Waals surface area contributed by atoms with Crippen molar-refractivity contribution in [3.63, 3.8) is 0 Å². The summed E-state index contributed by atoms with van der Waals surface area (Å²) >= 11 is 0. The fourth-order valence-electron chi connectivity index (χ4n) is 3.85. The van der Waals surface area contributed by atoms with Gasteiger partial charge in [0.05, 0.1) is 0 Å². The van der Waals surface area contributed by atoms with Crippen molar-refractivity contribution in [3.05, 3.63) is 29.6 Å². The Morgan fingerprint density at radius 1 is 1.36 bits per heavy atom. The maximum Gasteiger partial charge on any atom is 0.272 e. The lowest BCUT2D eigenvalue weighted by molar-refractivity contribution is -0.134. The van der Waals surface area contributed by atoms with Crippen LogP contribution in [0.5, 0.6) is 0 Å². The summed E-state index contributed by atoms with van der Waals surface area (Å²) in [6.07, 6.45) is 4.20. The van der Waals surface area contributed by atoms with Gasteiger partial charge in [-0.1, -0.05) is 6.07 Å². The van der Waals surface area contributed by atoms with Gasteiger partial charge in [0, 0.05) is 39.3 Å². The van der Waals surface area contributed by atoms with E-state index in [1.807, 2.05) is 43.0 Å². The maximum absolute atomic E-state index is 12.7. The normalized spacial score (nSPS) is 27.7. The summed E-state index contributed by atoms with van der Waals surface area (Å²) in [6, 6.07) is 3.97. The van der Waals surface area contributed by atoms with Crippen LogP contribution in [0.2, 0.25) is 0 Å². The molecule has 0 bridgehead atoms. The van der Waals surface area contributed by atoms with E-state index < -0.39 is 0 Å². The highest BCUT2D eigenvalue weighted by Crippen LogP contribution is 2.40. The number of nitrogens with zero attached hydrogens (tertiary/aromatic N) is 3. The number of amides is 2. The van der Waals surface area contributed by atoms with Crippen LogP contribution in [0.25, 0.3) is 0 Å². The van der Waals surface area contributed by atoms with Gasteiger partial charge in [0.2, 0.25) is 5.91 Å². The summed E-state index contributed by atoms with van der Waals surface area (Å²) in [6.45, 7) is 2.74. The van der Waals surface area contributed by atoms with Crippen LogP contribution < -0.4 is 0 Å². The predicted molar refractivity (Wildman–Crippen MR) is 83.3 cm³/mol. The first-order valence-corrected chi connectivity index (χ1v) is 7.90. The van der Waals surface area contributed by atoms with Crippen LogP contribution in [-0.4, -0.2) is 53.3 Å². The molecule has 1 saturated carbocycles. The van der Waals surface area contributed by atoms with Crippen molar-refractivity contribution < 1.29 is 9.59 Å². The van der Waals surface area contributed by atoms with E-state index in [9.17, 15) is 9.59 Å². The van der Waals surface area contributed by atoms with E-state index in [1.165, 1.54) is 0 Å². The van der Waals surface area contributed by atoms with Gasteiger partial charge in [-0.05, 0) is 43.2 Å². The summed E-state index contributed by atoms with van der Waals surface area (Å²) in [4.78, 5) is 32.4. The molecule has 1 aromatic heterocycles. The highest BCUT2D eigenvalue weighted by atomic mass is 16.2. The highest BCUT2D eigenvalue weighted by Gasteiger charge is 2.42. The first-order chi connectivity index (χ1) is 10.5. The van der Waals surface area contributed by atoms with Crippen molar-refractivity contribution in [1.82, 2.24) is 14.8 Å². The smallest absolute Gasteiger partial charge is 0.272 e. The first kappa shape index (κ1) is 15.0. The lowest BCUT2D eigenvalue weighted by Crippen LogP contribution is -2.40. The summed E-state index contributed by atoms with van der Waals surface area (Å²) in [7, 11) is 3.74. The summed E-state index contributed by atoms with van der Waals surface area (Å²) < 4.78 is 0. The topological polar surface area (TPSA) is 53.5 Å². The number of aryl methyl sites for hydroxylation is 1. The van der Waals surface area contributed by atoms with Gasteiger partial charge in [-0.3, -0.25) is 14.6 Å². The quantitative estimate of drug-likeness (QED) is 0.836. The predicted octanol–water partition coefficient (Wildman–Crippen LogP) is 1.72. The minimum atomic E-state index is -0.0126. The largest absolute Gasteiger partial charge is 0.345 e. The van der Waals surface area contributed by atoms with Crippen LogP contribution in [0, 0.1) is 18.8 Å². The Morgan fingerprint density at radius 3 is 2.82 bits per heavy atom. The fourth-order valence-corrected chi connectivity index (χ4v) is 3.85.